The molecule has 4 aromatic rings. The Morgan fingerprint density at radius 3 is 2.24 bits per heavy atom. The fraction of sp³-hybridized carbons (Fsp3) is 0.0800. The number of para-hydroxylation sites is 1. The highest BCUT2D eigenvalue weighted by molar-refractivity contribution is 6.08. The van der Waals surface area contributed by atoms with Gasteiger partial charge in [0.1, 0.15) is 5.69 Å². The van der Waals surface area contributed by atoms with Crippen LogP contribution in [0.5, 0.6) is 11.5 Å². The van der Waals surface area contributed by atoms with Crippen molar-refractivity contribution in [3.05, 3.63) is 90.1 Å². The Morgan fingerprint density at radius 1 is 0.909 bits per heavy atom. The highest BCUT2D eigenvalue weighted by atomic mass is 16.5. The van der Waals surface area contributed by atoms with Crippen LogP contribution in [0, 0.1) is 0 Å². The first-order chi connectivity index (χ1) is 16.0. The van der Waals surface area contributed by atoms with E-state index in [4.69, 9.17) is 9.47 Å². The second-order valence-electron chi connectivity index (χ2n) is 7.06. The number of methoxy groups -OCH3 is 2. The van der Waals surface area contributed by atoms with Crippen molar-refractivity contribution in [3.8, 4) is 28.4 Å². The lowest BCUT2D eigenvalue weighted by Gasteiger charge is -2.10. The molecule has 1 aromatic heterocycles. The van der Waals surface area contributed by atoms with Crippen molar-refractivity contribution in [2.24, 2.45) is 0 Å². The van der Waals surface area contributed by atoms with Gasteiger partial charge >= 0.3 is 0 Å². The van der Waals surface area contributed by atoms with Crippen molar-refractivity contribution >= 4 is 17.6 Å². The average Bonchev–Trinajstić information content (AvgIpc) is 3.30. The molecule has 0 aliphatic rings. The number of carboxylic acids is 1. The predicted molar refractivity (Wildman–Crippen MR) is 121 cm³/mol. The Hall–Kier alpha value is -4.59. The van der Waals surface area contributed by atoms with Gasteiger partial charge in [0.15, 0.2) is 11.5 Å². The minimum atomic E-state index is -1.28. The number of hydrogen-bond donors (Lipinski definition) is 1. The van der Waals surface area contributed by atoms with Crippen LogP contribution in [-0.4, -0.2) is 35.9 Å². The third kappa shape index (κ3) is 4.54. The van der Waals surface area contributed by atoms with Gasteiger partial charge in [0.2, 0.25) is 0 Å². The predicted octanol–water partition coefficient (Wildman–Crippen LogP) is 3.17. The van der Waals surface area contributed by atoms with Gasteiger partial charge in [-0.05, 0) is 48.0 Å². The van der Waals surface area contributed by atoms with Gasteiger partial charge in [-0.25, -0.2) is 4.68 Å². The van der Waals surface area contributed by atoms with E-state index in [-0.39, 0.29) is 5.56 Å². The van der Waals surface area contributed by atoms with Crippen molar-refractivity contribution in [2.75, 3.05) is 19.5 Å². The summed E-state index contributed by atoms with van der Waals surface area (Å²) in [6, 6.07) is 20.5. The second-order valence-corrected chi connectivity index (χ2v) is 7.06. The van der Waals surface area contributed by atoms with E-state index in [1.54, 1.807) is 36.2 Å². The number of aromatic carboxylic acids is 1. The Kier molecular flexibility index (Phi) is 6.08. The number of aromatic nitrogens is 2. The molecule has 8 heteroatoms. The number of rotatable bonds is 7. The van der Waals surface area contributed by atoms with Crippen LogP contribution in [0.2, 0.25) is 0 Å². The lowest BCUT2D eigenvalue weighted by Crippen LogP contribution is -2.22. The number of nitrogens with zero attached hydrogens (tertiary/aromatic N) is 2. The molecule has 1 N–H and O–H groups in total. The summed E-state index contributed by atoms with van der Waals surface area (Å²) in [4.78, 5) is 24.2. The molecule has 33 heavy (non-hydrogen) atoms. The summed E-state index contributed by atoms with van der Waals surface area (Å²) in [6.07, 6.45) is 1.65. The fourth-order valence-corrected chi connectivity index (χ4v) is 3.34. The van der Waals surface area contributed by atoms with Crippen molar-refractivity contribution in [3.63, 3.8) is 0 Å². The fourth-order valence-electron chi connectivity index (χ4n) is 3.34. The van der Waals surface area contributed by atoms with E-state index in [9.17, 15) is 14.7 Å². The van der Waals surface area contributed by atoms with E-state index in [0.717, 1.165) is 5.69 Å². The molecule has 0 aliphatic carbocycles. The van der Waals surface area contributed by atoms with Gasteiger partial charge in [-0.2, -0.15) is 5.10 Å². The molecule has 1 heterocycles. The number of benzene rings is 3. The quantitative estimate of drug-likeness (QED) is 0.471. The molecule has 0 atom stereocenters. The van der Waals surface area contributed by atoms with Crippen molar-refractivity contribution in [2.45, 2.75) is 0 Å². The van der Waals surface area contributed by atoms with Crippen molar-refractivity contribution in [1.29, 1.82) is 0 Å². The zero-order valence-electron chi connectivity index (χ0n) is 17.9. The highest BCUT2D eigenvalue weighted by Crippen LogP contribution is 2.33. The molecule has 0 fully saturated rings. The van der Waals surface area contributed by atoms with E-state index in [0.29, 0.717) is 34.0 Å². The zero-order valence-corrected chi connectivity index (χ0v) is 17.9. The summed E-state index contributed by atoms with van der Waals surface area (Å²) >= 11 is 0. The molecule has 0 radical (unpaired) electrons. The molecular formula is C25H20N3O5-. The SMILES string of the molecule is COc1ccc(-c2nn(-c3ccccc3)cc2C(=O)Nc2ccc(C(=O)[O-])cc2)cc1OC. The summed E-state index contributed by atoms with van der Waals surface area (Å²) < 4.78 is 12.3. The largest absolute Gasteiger partial charge is 0.545 e. The van der Waals surface area contributed by atoms with Gasteiger partial charge in [-0.3, -0.25) is 4.79 Å². The number of hydrogen-bond acceptors (Lipinski definition) is 6. The first-order valence-electron chi connectivity index (χ1n) is 10.0. The third-order valence-corrected chi connectivity index (χ3v) is 5.02. The molecule has 0 unspecified atom stereocenters. The lowest BCUT2D eigenvalue weighted by molar-refractivity contribution is -0.255. The summed E-state index contributed by atoms with van der Waals surface area (Å²) in [5.74, 6) is -0.618. The molecule has 0 saturated carbocycles. The Bertz CT molecular complexity index is 1300. The van der Waals surface area contributed by atoms with Crippen LogP contribution >= 0.6 is 0 Å². The van der Waals surface area contributed by atoms with Gasteiger partial charge in [0.25, 0.3) is 5.91 Å². The van der Waals surface area contributed by atoms with Gasteiger partial charge in [0, 0.05) is 17.4 Å². The molecule has 3 aromatic carbocycles. The van der Waals surface area contributed by atoms with Crippen LogP contribution in [0.3, 0.4) is 0 Å². The normalized spacial score (nSPS) is 10.5. The van der Waals surface area contributed by atoms with E-state index in [2.05, 4.69) is 10.4 Å². The molecule has 4 rings (SSSR count). The van der Waals surface area contributed by atoms with E-state index < -0.39 is 11.9 Å². The van der Waals surface area contributed by atoms with Crippen LogP contribution in [0.25, 0.3) is 16.9 Å². The molecule has 0 spiro atoms. The number of carbonyl (C=O) groups excluding carboxylic acids is 2. The minimum absolute atomic E-state index is 0.0240. The van der Waals surface area contributed by atoms with E-state index >= 15 is 0 Å². The topological polar surface area (TPSA) is 106 Å². The highest BCUT2D eigenvalue weighted by Gasteiger charge is 2.20. The average molecular weight is 442 g/mol. The van der Waals surface area contributed by atoms with Crippen molar-refractivity contribution < 1.29 is 24.2 Å². The van der Waals surface area contributed by atoms with Crippen molar-refractivity contribution in [1.82, 2.24) is 9.78 Å². The molecule has 1 amide bonds. The van der Waals surface area contributed by atoms with Crippen LogP contribution in [-0.2, 0) is 0 Å². The van der Waals surface area contributed by atoms with Crippen LogP contribution in [0.4, 0.5) is 5.69 Å². The third-order valence-electron chi connectivity index (χ3n) is 5.02. The molecular weight excluding hydrogens is 422 g/mol. The lowest BCUT2D eigenvalue weighted by atomic mass is 10.1. The maximum absolute atomic E-state index is 13.2. The van der Waals surface area contributed by atoms with Gasteiger partial charge in [-0.15, -0.1) is 0 Å². The second kappa shape index (κ2) is 9.27. The summed E-state index contributed by atoms with van der Waals surface area (Å²) in [7, 11) is 3.08. The Balaban J connectivity index is 1.75. The van der Waals surface area contributed by atoms with Crippen LogP contribution in [0.1, 0.15) is 20.7 Å². The number of ether oxygens (including phenoxy) is 2. The molecule has 0 bridgehead atoms. The summed E-state index contributed by atoms with van der Waals surface area (Å²) in [5.41, 5.74) is 2.70. The smallest absolute Gasteiger partial charge is 0.259 e. The van der Waals surface area contributed by atoms with Crippen LogP contribution < -0.4 is 19.9 Å². The summed E-state index contributed by atoms with van der Waals surface area (Å²) in [6.45, 7) is 0. The molecule has 0 aliphatic heterocycles. The van der Waals surface area contributed by atoms with E-state index in [1.165, 1.54) is 31.4 Å². The van der Waals surface area contributed by atoms with E-state index in [1.807, 2.05) is 30.3 Å². The summed E-state index contributed by atoms with van der Waals surface area (Å²) in [5, 5.41) is 18.4. The van der Waals surface area contributed by atoms with Gasteiger partial charge < -0.3 is 24.7 Å². The first kappa shape index (κ1) is 21.6. The molecule has 0 saturated heterocycles. The standard InChI is InChI=1S/C25H21N3O5/c1-32-21-13-10-17(14-22(21)33-2)23-20(15-28(27-23)19-6-4-3-5-7-19)24(29)26-18-11-8-16(9-12-18)25(30)31/h3-15H,1-2H3,(H,26,29)(H,30,31)/p-1. The minimum Gasteiger partial charge on any atom is -0.545 e. The number of amides is 1. The number of nitrogens with one attached hydrogen (secondary N) is 1. The monoisotopic (exact) mass is 442 g/mol. The first-order valence-corrected chi connectivity index (χ1v) is 10.0. The zero-order chi connectivity index (χ0) is 23.4. The molecule has 8 nitrogen and oxygen atoms in total. The maximum Gasteiger partial charge on any atom is 0.259 e. The Morgan fingerprint density at radius 2 is 1.61 bits per heavy atom. The number of carboxylic acid groups (broad SMARTS) is 1. The van der Waals surface area contributed by atoms with Crippen LogP contribution in [0.15, 0.2) is 79.0 Å². The molecule has 166 valence electrons. The Labute approximate surface area is 190 Å². The number of carbonyl (C=O) groups is 2. The van der Waals surface area contributed by atoms with Gasteiger partial charge in [0.05, 0.1) is 31.4 Å². The maximum atomic E-state index is 13.2. The number of anilines is 1. The van der Waals surface area contributed by atoms with Gasteiger partial charge in [-0.1, -0.05) is 30.3 Å².